The lowest BCUT2D eigenvalue weighted by atomic mass is 10.2. The van der Waals surface area contributed by atoms with Crippen LogP contribution < -0.4 is 0 Å². The SMILES string of the molecule is CCc1nn2c(=S)c3[nH]c4ccccc4c3nc2s1. The van der Waals surface area contributed by atoms with Gasteiger partial charge in [0, 0.05) is 10.9 Å². The number of aromatic nitrogens is 4. The third-order valence-corrected chi connectivity index (χ3v) is 4.63. The van der Waals surface area contributed by atoms with E-state index in [0.717, 1.165) is 38.3 Å². The monoisotopic (exact) mass is 286 g/mol. The molecule has 3 aromatic heterocycles. The van der Waals surface area contributed by atoms with E-state index >= 15 is 0 Å². The van der Waals surface area contributed by atoms with E-state index in [1.54, 1.807) is 15.9 Å². The summed E-state index contributed by atoms with van der Waals surface area (Å²) in [6.45, 7) is 2.09. The van der Waals surface area contributed by atoms with Gasteiger partial charge in [-0.25, -0.2) is 4.98 Å². The van der Waals surface area contributed by atoms with E-state index in [9.17, 15) is 0 Å². The van der Waals surface area contributed by atoms with Crippen molar-refractivity contribution in [1.29, 1.82) is 0 Å². The van der Waals surface area contributed by atoms with Crippen LogP contribution >= 0.6 is 23.6 Å². The number of hydrogen-bond acceptors (Lipinski definition) is 4. The van der Waals surface area contributed by atoms with Gasteiger partial charge in [-0.05, 0) is 12.5 Å². The summed E-state index contributed by atoms with van der Waals surface area (Å²) in [7, 11) is 0. The fourth-order valence-corrected chi connectivity index (χ4v) is 3.43. The normalized spacial score (nSPS) is 11.8. The number of aryl methyl sites for hydroxylation is 1. The average Bonchev–Trinajstić information content (AvgIpc) is 3.01. The molecule has 0 bridgehead atoms. The first kappa shape index (κ1) is 11.1. The van der Waals surface area contributed by atoms with Crippen LogP contribution in [0.15, 0.2) is 24.3 Å². The van der Waals surface area contributed by atoms with Gasteiger partial charge in [-0.15, -0.1) is 0 Å². The Morgan fingerprint density at radius 3 is 3.05 bits per heavy atom. The molecule has 1 aromatic carbocycles. The zero-order valence-corrected chi connectivity index (χ0v) is 11.8. The molecule has 0 saturated heterocycles. The number of nitrogens with one attached hydrogen (secondary N) is 1. The van der Waals surface area contributed by atoms with E-state index < -0.39 is 0 Å². The lowest BCUT2D eigenvalue weighted by Crippen LogP contribution is -1.93. The molecule has 0 aliphatic carbocycles. The van der Waals surface area contributed by atoms with Gasteiger partial charge in [0.2, 0.25) is 4.96 Å². The molecule has 6 heteroatoms. The lowest BCUT2D eigenvalue weighted by molar-refractivity contribution is 0.887. The molecule has 1 N–H and O–H groups in total. The minimum absolute atomic E-state index is 0.701. The van der Waals surface area contributed by atoms with E-state index in [2.05, 4.69) is 23.1 Å². The summed E-state index contributed by atoms with van der Waals surface area (Å²) in [6, 6.07) is 8.12. The number of rotatable bonds is 1. The molecule has 94 valence electrons. The first-order chi connectivity index (χ1) is 9.28. The number of nitrogens with zero attached hydrogens (tertiary/aromatic N) is 3. The summed E-state index contributed by atoms with van der Waals surface area (Å²) in [4.78, 5) is 8.92. The summed E-state index contributed by atoms with van der Waals surface area (Å²) in [5.74, 6) is 0. The van der Waals surface area contributed by atoms with Crippen LogP contribution in [0.3, 0.4) is 0 Å². The van der Waals surface area contributed by atoms with Crippen LogP contribution in [0.4, 0.5) is 0 Å². The Hall–Kier alpha value is -1.79. The quantitative estimate of drug-likeness (QED) is 0.542. The molecule has 0 radical (unpaired) electrons. The first-order valence-corrected chi connectivity index (χ1v) is 7.29. The number of aromatic amines is 1. The first-order valence-electron chi connectivity index (χ1n) is 6.07. The van der Waals surface area contributed by atoms with Gasteiger partial charge in [-0.1, -0.05) is 48.7 Å². The number of hydrogen-bond donors (Lipinski definition) is 1. The average molecular weight is 286 g/mol. The second-order valence-corrected chi connectivity index (χ2v) is 5.78. The third kappa shape index (κ3) is 1.47. The second-order valence-electron chi connectivity index (χ2n) is 4.35. The highest BCUT2D eigenvalue weighted by Gasteiger charge is 2.12. The van der Waals surface area contributed by atoms with Gasteiger partial charge in [-0.2, -0.15) is 9.61 Å². The molecule has 4 nitrogen and oxygen atoms in total. The maximum atomic E-state index is 5.53. The number of H-pyrrole nitrogens is 1. The van der Waals surface area contributed by atoms with E-state index in [1.165, 1.54) is 0 Å². The largest absolute Gasteiger partial charge is 0.351 e. The van der Waals surface area contributed by atoms with E-state index in [4.69, 9.17) is 17.2 Å². The van der Waals surface area contributed by atoms with Crippen LogP contribution in [-0.2, 0) is 6.42 Å². The molecule has 4 rings (SSSR count). The predicted molar refractivity (Wildman–Crippen MR) is 80.4 cm³/mol. The van der Waals surface area contributed by atoms with Gasteiger partial charge >= 0.3 is 0 Å². The molecule has 0 aliphatic heterocycles. The highest BCUT2D eigenvalue weighted by Crippen LogP contribution is 2.26. The zero-order chi connectivity index (χ0) is 13.0. The fourth-order valence-electron chi connectivity index (χ4n) is 2.27. The predicted octanol–water partition coefficient (Wildman–Crippen LogP) is 3.72. The fraction of sp³-hybridized carbons (Fsp3) is 0.154. The Morgan fingerprint density at radius 1 is 1.37 bits per heavy atom. The standard InChI is InChI=1S/C13H10N4S2/c1-2-9-16-17-12(18)11-10(15-13(17)19-9)7-5-3-4-6-8(7)14-11/h3-6,14H,2H2,1H3. The highest BCUT2D eigenvalue weighted by atomic mass is 32.1. The van der Waals surface area contributed by atoms with Crippen LogP contribution in [-0.4, -0.2) is 19.6 Å². The van der Waals surface area contributed by atoms with Crippen LogP contribution in [0, 0.1) is 4.64 Å². The van der Waals surface area contributed by atoms with Crippen molar-refractivity contribution in [3.8, 4) is 0 Å². The van der Waals surface area contributed by atoms with Crippen molar-refractivity contribution in [3.63, 3.8) is 0 Å². The van der Waals surface area contributed by atoms with Crippen LogP contribution in [0.1, 0.15) is 11.9 Å². The summed E-state index contributed by atoms with van der Waals surface area (Å²) >= 11 is 7.13. The lowest BCUT2D eigenvalue weighted by Gasteiger charge is -1.93. The van der Waals surface area contributed by atoms with Gasteiger partial charge in [0.05, 0.1) is 0 Å². The Balaban J connectivity index is 2.26. The summed E-state index contributed by atoms with van der Waals surface area (Å²) in [6.07, 6.45) is 0.900. The molecular formula is C13H10N4S2. The number of para-hydroxylation sites is 1. The molecule has 0 atom stereocenters. The van der Waals surface area contributed by atoms with Crippen molar-refractivity contribution >= 4 is 50.5 Å². The second kappa shape index (κ2) is 3.85. The maximum Gasteiger partial charge on any atom is 0.214 e. The molecule has 0 aliphatic rings. The van der Waals surface area contributed by atoms with Crippen molar-refractivity contribution in [1.82, 2.24) is 19.6 Å². The van der Waals surface area contributed by atoms with Gasteiger partial charge in [0.1, 0.15) is 16.0 Å². The summed E-state index contributed by atoms with van der Waals surface area (Å²) in [5, 5.41) is 6.66. The molecule has 4 aromatic rings. The van der Waals surface area contributed by atoms with E-state index in [-0.39, 0.29) is 0 Å². The van der Waals surface area contributed by atoms with E-state index in [1.807, 2.05) is 18.2 Å². The van der Waals surface area contributed by atoms with Crippen molar-refractivity contribution < 1.29 is 0 Å². The summed E-state index contributed by atoms with van der Waals surface area (Å²) in [5.41, 5.74) is 2.89. The molecular weight excluding hydrogens is 276 g/mol. The Morgan fingerprint density at radius 2 is 2.21 bits per heavy atom. The van der Waals surface area contributed by atoms with Crippen molar-refractivity contribution in [3.05, 3.63) is 33.9 Å². The van der Waals surface area contributed by atoms with Gasteiger partial charge < -0.3 is 4.98 Å². The molecule has 3 heterocycles. The molecule has 0 unspecified atom stereocenters. The van der Waals surface area contributed by atoms with Crippen LogP contribution in [0.5, 0.6) is 0 Å². The number of fused-ring (bicyclic) bond motifs is 4. The van der Waals surface area contributed by atoms with Crippen molar-refractivity contribution in [2.75, 3.05) is 0 Å². The van der Waals surface area contributed by atoms with Crippen LogP contribution in [0.2, 0.25) is 0 Å². The van der Waals surface area contributed by atoms with Gasteiger partial charge in [-0.3, -0.25) is 0 Å². The van der Waals surface area contributed by atoms with Gasteiger partial charge in [0.25, 0.3) is 0 Å². The smallest absolute Gasteiger partial charge is 0.214 e. The molecule has 0 spiro atoms. The minimum Gasteiger partial charge on any atom is -0.351 e. The van der Waals surface area contributed by atoms with Gasteiger partial charge in [0.15, 0.2) is 4.64 Å². The minimum atomic E-state index is 0.701. The zero-order valence-electron chi connectivity index (χ0n) is 10.2. The highest BCUT2D eigenvalue weighted by molar-refractivity contribution is 7.71. The number of benzene rings is 1. The molecule has 0 amide bonds. The van der Waals surface area contributed by atoms with Crippen LogP contribution in [0.25, 0.3) is 26.9 Å². The molecule has 19 heavy (non-hydrogen) atoms. The van der Waals surface area contributed by atoms with E-state index in [0.29, 0.717) is 4.64 Å². The topological polar surface area (TPSA) is 46.0 Å². The third-order valence-electron chi connectivity index (χ3n) is 3.20. The Kier molecular flexibility index (Phi) is 2.24. The molecule has 0 saturated carbocycles. The Bertz CT molecular complexity index is 977. The summed E-state index contributed by atoms with van der Waals surface area (Å²) < 4.78 is 2.46. The van der Waals surface area contributed by atoms with Crippen molar-refractivity contribution in [2.45, 2.75) is 13.3 Å². The van der Waals surface area contributed by atoms with Crippen molar-refractivity contribution in [2.24, 2.45) is 0 Å². The maximum absolute atomic E-state index is 5.53. The molecule has 0 fully saturated rings. The Labute approximate surface area is 117 Å².